The number of rotatable bonds is 6. The number of allylic oxidation sites excluding steroid dienone is 2. The molecule has 0 spiro atoms. The molecule has 3 amide bonds. The second-order valence-electron chi connectivity index (χ2n) is 9.03. The summed E-state index contributed by atoms with van der Waals surface area (Å²) in [6.45, 7) is 0.437. The van der Waals surface area contributed by atoms with Crippen LogP contribution in [0.15, 0.2) is 51.9 Å². The lowest BCUT2D eigenvalue weighted by molar-refractivity contribution is -0.671. The fourth-order valence-electron chi connectivity index (χ4n) is 5.08. The van der Waals surface area contributed by atoms with Crippen LogP contribution in [0.5, 0.6) is 0 Å². The molecular formula is C24H24N7O6S+. The molecule has 5 heterocycles. The van der Waals surface area contributed by atoms with Crippen molar-refractivity contribution in [2.75, 3.05) is 12.3 Å². The highest BCUT2D eigenvalue weighted by Gasteiger charge is 2.54. The number of aliphatic carboxylic acids is 1. The van der Waals surface area contributed by atoms with Crippen LogP contribution >= 0.6 is 11.3 Å². The Morgan fingerprint density at radius 1 is 1.29 bits per heavy atom. The third-order valence-corrected chi connectivity index (χ3v) is 7.48. The van der Waals surface area contributed by atoms with Crippen molar-refractivity contribution >= 4 is 51.4 Å². The van der Waals surface area contributed by atoms with Gasteiger partial charge in [-0.25, -0.2) is 14.3 Å². The fourth-order valence-corrected chi connectivity index (χ4v) is 5.63. The van der Waals surface area contributed by atoms with Crippen LogP contribution < -0.4 is 20.9 Å². The molecule has 0 bridgehead atoms. The first-order valence-electron chi connectivity index (χ1n) is 11.7. The molecule has 38 heavy (non-hydrogen) atoms. The lowest BCUT2D eigenvalue weighted by Crippen LogP contribution is -2.72. The van der Waals surface area contributed by atoms with Gasteiger partial charge in [0.2, 0.25) is 5.91 Å². The van der Waals surface area contributed by atoms with E-state index in [1.54, 1.807) is 24.5 Å². The Bertz CT molecular complexity index is 1460. The number of oxime groups is 1. The highest BCUT2D eigenvalue weighted by atomic mass is 32.1. The van der Waals surface area contributed by atoms with Crippen LogP contribution in [0.3, 0.4) is 0 Å². The zero-order valence-corrected chi connectivity index (χ0v) is 21.0. The van der Waals surface area contributed by atoms with Crippen LogP contribution in [0.2, 0.25) is 0 Å². The lowest BCUT2D eigenvalue weighted by Gasteiger charge is -2.50. The summed E-state index contributed by atoms with van der Waals surface area (Å²) in [6.07, 6.45) is 4.63. The minimum atomic E-state index is -1.31. The van der Waals surface area contributed by atoms with Gasteiger partial charge in [0, 0.05) is 29.6 Å². The molecule has 14 heteroatoms. The molecule has 13 nitrogen and oxygen atoms in total. The maximum Gasteiger partial charge on any atom is 0.352 e. The van der Waals surface area contributed by atoms with Gasteiger partial charge >= 0.3 is 5.97 Å². The fraction of sp³-hybridized carbons (Fsp3) is 0.292. The van der Waals surface area contributed by atoms with Crippen LogP contribution in [-0.4, -0.2) is 68.2 Å². The van der Waals surface area contributed by atoms with Gasteiger partial charge in [0.1, 0.15) is 24.5 Å². The summed E-state index contributed by atoms with van der Waals surface area (Å²) in [6, 6.07) is 1.95. The van der Waals surface area contributed by atoms with E-state index in [9.17, 15) is 29.5 Å². The molecule has 196 valence electrons. The summed E-state index contributed by atoms with van der Waals surface area (Å²) in [4.78, 5) is 56.3. The van der Waals surface area contributed by atoms with Crippen molar-refractivity contribution < 1.29 is 34.1 Å². The number of hydrogen-bond donors (Lipinski definition) is 5. The number of nitrogens with one attached hydrogen (secondary N) is 2. The molecule has 2 saturated heterocycles. The van der Waals surface area contributed by atoms with E-state index in [2.05, 4.69) is 20.8 Å². The van der Waals surface area contributed by atoms with Gasteiger partial charge in [-0.15, -0.1) is 11.3 Å². The standard InChI is InChI=1S/C24H23N7O6S/c1-30-8-5-11(6-9-30)16(13-4-7-26-20(13)32)12-2-3-15-18(22(34)31(15)19(12)23(35)36)28-21(33)17(29-37)14-10-38-24(25)27-14/h5-6,8-10,15,18H,2-4,7H2,1H3,(H5-,25,26,27,28,32,33,35,36,37)/p+1/t15-,18+/m1/s1. The van der Waals surface area contributed by atoms with Crippen molar-refractivity contribution in [3.8, 4) is 0 Å². The summed E-state index contributed by atoms with van der Waals surface area (Å²) in [5.41, 5.74) is 7.06. The number of nitrogen functional groups attached to an aromatic ring is 1. The van der Waals surface area contributed by atoms with Crippen LogP contribution in [-0.2, 0) is 26.2 Å². The molecular weight excluding hydrogens is 514 g/mol. The quantitative estimate of drug-likeness (QED) is 0.0814. The molecule has 2 aromatic rings. The molecule has 6 N–H and O–H groups in total. The number of carbonyl (C=O) groups excluding carboxylic acids is 3. The highest BCUT2D eigenvalue weighted by Crippen LogP contribution is 2.43. The molecule has 2 aromatic heterocycles. The number of amides is 3. The minimum Gasteiger partial charge on any atom is -0.477 e. The number of hydrogen-bond acceptors (Lipinski definition) is 9. The average Bonchev–Trinajstić information content (AvgIpc) is 3.51. The Hall–Kier alpha value is -4.59. The van der Waals surface area contributed by atoms with Gasteiger partial charge in [-0.1, -0.05) is 5.16 Å². The van der Waals surface area contributed by atoms with E-state index in [-0.39, 0.29) is 28.9 Å². The number of pyridine rings is 1. The number of carboxylic acid groups (broad SMARTS) is 1. The zero-order chi connectivity index (χ0) is 27.1. The summed E-state index contributed by atoms with van der Waals surface area (Å²) < 4.78 is 1.82. The van der Waals surface area contributed by atoms with Gasteiger partial charge < -0.3 is 26.7 Å². The number of β-lactam (4-membered cyclic amide) rings is 1. The Morgan fingerprint density at radius 2 is 2.03 bits per heavy atom. The Labute approximate surface area is 220 Å². The van der Waals surface area contributed by atoms with Crippen LogP contribution in [0, 0.1) is 0 Å². The molecule has 3 aliphatic heterocycles. The van der Waals surface area contributed by atoms with E-state index >= 15 is 0 Å². The van der Waals surface area contributed by atoms with Crippen molar-refractivity contribution in [2.24, 2.45) is 12.2 Å². The number of aromatic nitrogens is 2. The van der Waals surface area contributed by atoms with Gasteiger partial charge in [-0.05, 0) is 36.0 Å². The Kier molecular flexibility index (Phi) is 6.40. The molecule has 0 aliphatic carbocycles. The summed E-state index contributed by atoms with van der Waals surface area (Å²) in [5.74, 6) is -3.04. The Balaban J connectivity index is 1.49. The lowest BCUT2D eigenvalue weighted by atomic mass is 9.79. The predicted molar refractivity (Wildman–Crippen MR) is 133 cm³/mol. The molecule has 0 radical (unpaired) electrons. The van der Waals surface area contributed by atoms with Crippen molar-refractivity contribution in [3.63, 3.8) is 0 Å². The largest absolute Gasteiger partial charge is 0.477 e. The minimum absolute atomic E-state index is 0.0514. The third kappa shape index (κ3) is 4.18. The summed E-state index contributed by atoms with van der Waals surface area (Å²) in [7, 11) is 1.84. The SMILES string of the molecule is C[n+]1ccc(C(=C2CCNC2=O)C2=C(C(=O)O)N3C(=O)[C@@H](NC(=O)C(=NO)c4csc(N)n4)[C@H]3CC2)cc1. The molecule has 5 rings (SSSR count). The first kappa shape index (κ1) is 25.1. The van der Waals surface area contributed by atoms with E-state index < -0.39 is 35.6 Å². The summed E-state index contributed by atoms with van der Waals surface area (Å²) >= 11 is 1.05. The number of anilines is 1. The first-order valence-corrected chi connectivity index (χ1v) is 12.6. The molecule has 0 aromatic carbocycles. The Morgan fingerprint density at radius 3 is 2.61 bits per heavy atom. The smallest absolute Gasteiger partial charge is 0.352 e. The number of carboxylic acids is 1. The molecule has 0 saturated carbocycles. The number of carbonyl (C=O) groups is 4. The normalized spacial score (nSPS) is 22.6. The van der Waals surface area contributed by atoms with Gasteiger partial charge in [-0.2, -0.15) is 0 Å². The van der Waals surface area contributed by atoms with Crippen LogP contribution in [0.4, 0.5) is 5.13 Å². The number of aryl methyl sites for hydroxylation is 1. The topological polar surface area (TPSA) is 191 Å². The predicted octanol–water partition coefficient (Wildman–Crippen LogP) is -0.470. The second kappa shape index (κ2) is 9.70. The van der Waals surface area contributed by atoms with Crippen molar-refractivity contribution in [1.29, 1.82) is 0 Å². The monoisotopic (exact) mass is 538 g/mol. The van der Waals surface area contributed by atoms with E-state index in [0.717, 1.165) is 11.3 Å². The van der Waals surface area contributed by atoms with E-state index in [0.29, 0.717) is 41.7 Å². The van der Waals surface area contributed by atoms with Crippen LogP contribution in [0.1, 0.15) is 30.5 Å². The average molecular weight is 539 g/mol. The van der Waals surface area contributed by atoms with Crippen molar-refractivity contribution in [3.05, 3.63) is 58.0 Å². The van der Waals surface area contributed by atoms with Gasteiger partial charge in [0.25, 0.3) is 11.8 Å². The number of nitrogens with zero attached hydrogens (tertiary/aromatic N) is 4. The van der Waals surface area contributed by atoms with Gasteiger partial charge in [0.15, 0.2) is 23.2 Å². The van der Waals surface area contributed by atoms with Gasteiger partial charge in [0.05, 0.1) is 6.04 Å². The third-order valence-electron chi connectivity index (χ3n) is 6.81. The molecule has 2 fully saturated rings. The van der Waals surface area contributed by atoms with E-state index in [1.807, 2.05) is 11.6 Å². The maximum absolute atomic E-state index is 13.2. The molecule has 3 aliphatic rings. The zero-order valence-electron chi connectivity index (χ0n) is 20.2. The first-order chi connectivity index (χ1) is 18.2. The summed E-state index contributed by atoms with van der Waals surface area (Å²) in [5, 5.41) is 29.5. The molecule has 0 unspecified atom stereocenters. The number of fused-ring (bicyclic) bond motifs is 1. The highest BCUT2D eigenvalue weighted by molar-refractivity contribution is 7.13. The van der Waals surface area contributed by atoms with Gasteiger partial charge in [-0.3, -0.25) is 19.3 Å². The number of thiazole rings is 1. The molecule has 2 atom stereocenters. The second-order valence-corrected chi connectivity index (χ2v) is 9.92. The van der Waals surface area contributed by atoms with E-state index in [4.69, 9.17) is 5.73 Å². The number of nitrogens with two attached hydrogens (primary N) is 1. The maximum atomic E-state index is 13.2. The van der Waals surface area contributed by atoms with Crippen molar-refractivity contribution in [1.82, 2.24) is 20.5 Å². The van der Waals surface area contributed by atoms with Crippen molar-refractivity contribution in [2.45, 2.75) is 31.3 Å². The van der Waals surface area contributed by atoms with E-state index in [1.165, 1.54) is 10.3 Å². The van der Waals surface area contributed by atoms with Crippen LogP contribution in [0.25, 0.3) is 5.57 Å².